The molecule has 2 rings (SSSR count). The maximum Gasteiger partial charge on any atom is 0.272 e. The lowest BCUT2D eigenvalue weighted by molar-refractivity contribution is 0.0752. The number of rotatable bonds is 4. The minimum Gasteiger partial charge on any atom is -0.336 e. The molecule has 1 amide bonds. The molecule has 0 radical (unpaired) electrons. The van der Waals surface area contributed by atoms with Crippen molar-refractivity contribution >= 4 is 15.9 Å². The maximum absolute atomic E-state index is 12.8. The largest absolute Gasteiger partial charge is 0.336 e. The van der Waals surface area contributed by atoms with E-state index in [-0.39, 0.29) is 11.8 Å². The Morgan fingerprint density at radius 3 is 2.52 bits per heavy atom. The molecule has 1 aliphatic rings. The van der Waals surface area contributed by atoms with Crippen molar-refractivity contribution in [1.82, 2.24) is 19.0 Å². The van der Waals surface area contributed by atoms with Gasteiger partial charge in [-0.15, -0.1) is 0 Å². The highest BCUT2D eigenvalue weighted by Crippen LogP contribution is 2.17. The second-order valence-corrected chi connectivity index (χ2v) is 8.22. The Kier molecular flexibility index (Phi) is 5.46. The van der Waals surface area contributed by atoms with Crippen LogP contribution < -0.4 is 0 Å². The summed E-state index contributed by atoms with van der Waals surface area (Å²) in [6.45, 7) is 8.49. The van der Waals surface area contributed by atoms with E-state index in [4.69, 9.17) is 0 Å². The molecule has 23 heavy (non-hydrogen) atoms. The molecule has 0 unspecified atom stereocenters. The molecule has 1 aliphatic heterocycles. The molecule has 130 valence electrons. The zero-order chi connectivity index (χ0) is 17.2. The maximum atomic E-state index is 12.8. The Balaban J connectivity index is 2.17. The van der Waals surface area contributed by atoms with E-state index in [2.05, 4.69) is 5.10 Å². The van der Waals surface area contributed by atoms with Gasteiger partial charge in [0.25, 0.3) is 5.91 Å². The summed E-state index contributed by atoms with van der Waals surface area (Å²) in [6.07, 6.45) is 1.86. The Morgan fingerprint density at radius 2 is 1.96 bits per heavy atom. The molecule has 0 bridgehead atoms. The molecular weight excluding hydrogens is 316 g/mol. The van der Waals surface area contributed by atoms with Gasteiger partial charge < -0.3 is 4.90 Å². The normalized spacial score (nSPS) is 17.5. The first-order valence-corrected chi connectivity index (χ1v) is 9.91. The minimum absolute atomic E-state index is 0.0680. The van der Waals surface area contributed by atoms with Crippen LogP contribution in [0.25, 0.3) is 0 Å². The molecule has 1 aromatic rings. The van der Waals surface area contributed by atoms with E-state index in [0.717, 1.165) is 5.69 Å². The summed E-state index contributed by atoms with van der Waals surface area (Å²) in [4.78, 5) is 14.6. The van der Waals surface area contributed by atoms with Crippen molar-refractivity contribution in [3.8, 4) is 0 Å². The van der Waals surface area contributed by atoms with Gasteiger partial charge in [0.15, 0.2) is 0 Å². The third-order valence-corrected chi connectivity index (χ3v) is 5.42. The number of nitrogens with zero attached hydrogens (tertiary/aromatic N) is 4. The SMILES string of the molecule is CCn1nc(C(C)C)cc1C(=O)N1CCCN(S(C)(=O)=O)CC1. The second-order valence-electron chi connectivity index (χ2n) is 6.23. The lowest BCUT2D eigenvalue weighted by atomic mass is 10.1. The van der Waals surface area contributed by atoms with Crippen LogP contribution in [-0.2, 0) is 16.6 Å². The van der Waals surface area contributed by atoms with E-state index in [1.807, 2.05) is 26.8 Å². The van der Waals surface area contributed by atoms with E-state index >= 15 is 0 Å². The van der Waals surface area contributed by atoms with Crippen LogP contribution >= 0.6 is 0 Å². The lowest BCUT2D eigenvalue weighted by Gasteiger charge is -2.21. The quantitative estimate of drug-likeness (QED) is 0.822. The van der Waals surface area contributed by atoms with Crippen molar-refractivity contribution in [2.45, 2.75) is 39.7 Å². The summed E-state index contributed by atoms with van der Waals surface area (Å²) in [6, 6.07) is 1.86. The van der Waals surface area contributed by atoms with Gasteiger partial charge in [0.2, 0.25) is 10.0 Å². The Morgan fingerprint density at radius 1 is 1.26 bits per heavy atom. The number of carbonyl (C=O) groups excluding carboxylic acids is 1. The van der Waals surface area contributed by atoms with Gasteiger partial charge in [0.1, 0.15) is 5.69 Å². The molecule has 1 aromatic heterocycles. The zero-order valence-corrected chi connectivity index (χ0v) is 15.1. The molecule has 0 aliphatic carbocycles. The average molecular weight is 342 g/mol. The van der Waals surface area contributed by atoms with Crippen LogP contribution in [0.3, 0.4) is 0 Å². The fraction of sp³-hybridized carbons (Fsp3) is 0.733. The predicted octanol–water partition coefficient (Wildman–Crippen LogP) is 1.13. The first-order valence-electron chi connectivity index (χ1n) is 8.06. The summed E-state index contributed by atoms with van der Waals surface area (Å²) in [5, 5.41) is 4.48. The highest BCUT2D eigenvalue weighted by Gasteiger charge is 2.26. The van der Waals surface area contributed by atoms with Gasteiger partial charge in [0.05, 0.1) is 11.9 Å². The predicted molar refractivity (Wildman–Crippen MR) is 88.9 cm³/mol. The summed E-state index contributed by atoms with van der Waals surface area (Å²) in [7, 11) is -3.21. The topological polar surface area (TPSA) is 75.5 Å². The number of carbonyl (C=O) groups is 1. The summed E-state index contributed by atoms with van der Waals surface area (Å²) in [5.41, 5.74) is 1.49. The van der Waals surface area contributed by atoms with Crippen molar-refractivity contribution in [1.29, 1.82) is 0 Å². The van der Waals surface area contributed by atoms with Gasteiger partial charge in [0, 0.05) is 32.7 Å². The van der Waals surface area contributed by atoms with Crippen LogP contribution in [0.4, 0.5) is 0 Å². The van der Waals surface area contributed by atoms with E-state index in [9.17, 15) is 13.2 Å². The third kappa shape index (κ3) is 4.11. The summed E-state index contributed by atoms with van der Waals surface area (Å²) in [5.74, 6) is 0.195. The second kappa shape index (κ2) is 7.00. The molecule has 0 spiro atoms. The first kappa shape index (κ1) is 17.9. The molecule has 0 aromatic carbocycles. The van der Waals surface area contributed by atoms with Gasteiger partial charge in [-0.2, -0.15) is 5.10 Å². The molecule has 2 heterocycles. The fourth-order valence-electron chi connectivity index (χ4n) is 2.72. The van der Waals surface area contributed by atoms with Crippen molar-refractivity contribution in [3.63, 3.8) is 0 Å². The standard InChI is InChI=1S/C15H26N4O3S/c1-5-19-14(11-13(16-19)12(2)3)15(20)17-7-6-8-18(10-9-17)23(4,21)22/h11-12H,5-10H2,1-4H3. The summed E-state index contributed by atoms with van der Waals surface area (Å²) < 4.78 is 26.5. The van der Waals surface area contributed by atoms with E-state index in [1.165, 1.54) is 10.6 Å². The monoisotopic (exact) mass is 342 g/mol. The molecule has 1 fully saturated rings. The van der Waals surface area contributed by atoms with Gasteiger partial charge >= 0.3 is 0 Å². The van der Waals surface area contributed by atoms with Gasteiger partial charge in [-0.3, -0.25) is 9.48 Å². The zero-order valence-electron chi connectivity index (χ0n) is 14.3. The third-order valence-electron chi connectivity index (χ3n) is 4.12. The van der Waals surface area contributed by atoms with Gasteiger partial charge in [-0.05, 0) is 25.3 Å². The molecule has 1 saturated heterocycles. The molecular formula is C15H26N4O3S. The Hall–Kier alpha value is -1.41. The van der Waals surface area contributed by atoms with Crippen molar-refractivity contribution in [2.75, 3.05) is 32.4 Å². The molecule has 8 heteroatoms. The Bertz CT molecular complexity index is 666. The average Bonchev–Trinajstić information content (AvgIpc) is 2.74. The molecule has 0 saturated carbocycles. The van der Waals surface area contributed by atoms with Crippen molar-refractivity contribution in [2.24, 2.45) is 0 Å². The minimum atomic E-state index is -3.21. The van der Waals surface area contributed by atoms with E-state index in [0.29, 0.717) is 44.8 Å². The number of sulfonamides is 1. The summed E-state index contributed by atoms with van der Waals surface area (Å²) >= 11 is 0. The van der Waals surface area contributed by atoms with Crippen LogP contribution in [0.15, 0.2) is 6.07 Å². The smallest absolute Gasteiger partial charge is 0.272 e. The molecule has 0 atom stereocenters. The van der Waals surface area contributed by atoms with Crippen LogP contribution in [0.1, 0.15) is 49.3 Å². The molecule has 7 nitrogen and oxygen atoms in total. The number of aromatic nitrogens is 2. The highest BCUT2D eigenvalue weighted by atomic mass is 32.2. The number of hydrogen-bond donors (Lipinski definition) is 0. The lowest BCUT2D eigenvalue weighted by Crippen LogP contribution is -2.37. The van der Waals surface area contributed by atoms with Crippen LogP contribution in [-0.4, -0.2) is 65.7 Å². The number of aryl methyl sites for hydroxylation is 1. The van der Waals surface area contributed by atoms with Gasteiger partial charge in [-0.25, -0.2) is 12.7 Å². The van der Waals surface area contributed by atoms with E-state index < -0.39 is 10.0 Å². The number of hydrogen-bond acceptors (Lipinski definition) is 4. The molecule has 0 N–H and O–H groups in total. The highest BCUT2D eigenvalue weighted by molar-refractivity contribution is 7.88. The van der Waals surface area contributed by atoms with Crippen LogP contribution in [0.5, 0.6) is 0 Å². The van der Waals surface area contributed by atoms with Crippen LogP contribution in [0, 0.1) is 0 Å². The number of amides is 1. The fourth-order valence-corrected chi connectivity index (χ4v) is 3.60. The van der Waals surface area contributed by atoms with Crippen LogP contribution in [0.2, 0.25) is 0 Å². The first-order chi connectivity index (χ1) is 10.7. The van der Waals surface area contributed by atoms with E-state index in [1.54, 1.807) is 9.58 Å². The van der Waals surface area contributed by atoms with Gasteiger partial charge in [-0.1, -0.05) is 13.8 Å². The Labute approximate surface area is 138 Å². The van der Waals surface area contributed by atoms with Crippen molar-refractivity contribution in [3.05, 3.63) is 17.5 Å². The van der Waals surface area contributed by atoms with Crippen molar-refractivity contribution < 1.29 is 13.2 Å².